The largest absolute Gasteiger partial charge is 0.297 e. The van der Waals surface area contributed by atoms with E-state index in [2.05, 4.69) is 5.10 Å². The zero-order valence-electron chi connectivity index (χ0n) is 17.8. The molecule has 0 radical (unpaired) electrons. The van der Waals surface area contributed by atoms with Crippen molar-refractivity contribution in [2.24, 2.45) is 22.4 Å². The van der Waals surface area contributed by atoms with Crippen LogP contribution >= 0.6 is 23.2 Å². The third-order valence-corrected chi connectivity index (χ3v) is 6.99. The van der Waals surface area contributed by atoms with E-state index in [-0.39, 0.29) is 22.4 Å². The van der Waals surface area contributed by atoms with Gasteiger partial charge in [0, 0.05) is 10.4 Å². The van der Waals surface area contributed by atoms with E-state index in [1.54, 1.807) is 23.4 Å². The molecule has 0 bridgehead atoms. The van der Waals surface area contributed by atoms with Gasteiger partial charge in [-0.1, -0.05) is 68.2 Å². The van der Waals surface area contributed by atoms with Crippen LogP contribution in [-0.4, -0.2) is 34.9 Å². The van der Waals surface area contributed by atoms with Crippen LogP contribution in [0.4, 0.5) is 5.69 Å². The average molecular weight is 470 g/mol. The van der Waals surface area contributed by atoms with Crippen molar-refractivity contribution < 1.29 is 14.4 Å². The topological polar surface area (TPSA) is 70.0 Å². The van der Waals surface area contributed by atoms with Gasteiger partial charge in [-0.05, 0) is 29.3 Å². The van der Waals surface area contributed by atoms with Gasteiger partial charge >= 0.3 is 0 Å². The summed E-state index contributed by atoms with van der Waals surface area (Å²) in [6, 6.07) is 10.9. The van der Waals surface area contributed by atoms with Gasteiger partial charge in [0.2, 0.25) is 11.8 Å². The van der Waals surface area contributed by atoms with Crippen LogP contribution in [0.15, 0.2) is 47.6 Å². The molecule has 0 aliphatic carbocycles. The molecular weight excluding hydrogens is 449 g/mol. The van der Waals surface area contributed by atoms with Crippen molar-refractivity contribution in [3.8, 4) is 0 Å². The van der Waals surface area contributed by atoms with Crippen molar-refractivity contribution in [3.05, 3.63) is 63.6 Å². The van der Waals surface area contributed by atoms with Crippen molar-refractivity contribution >= 4 is 52.7 Å². The number of imide groups is 1. The average Bonchev–Trinajstić information content (AvgIpc) is 3.20. The number of carbonyl (C=O) groups excluding carboxylic acids is 3. The molecule has 0 unspecified atom stereocenters. The quantitative estimate of drug-likeness (QED) is 0.607. The number of fused-ring (bicyclic) bond motifs is 5. The number of benzene rings is 2. The summed E-state index contributed by atoms with van der Waals surface area (Å²) in [6.45, 7) is 5.44. The molecule has 2 fully saturated rings. The number of amides is 2. The first-order valence-corrected chi connectivity index (χ1v) is 11.2. The summed E-state index contributed by atoms with van der Waals surface area (Å²) in [4.78, 5) is 42.1. The highest BCUT2D eigenvalue weighted by atomic mass is 35.5. The lowest BCUT2D eigenvalue weighted by Gasteiger charge is -2.35. The summed E-state index contributed by atoms with van der Waals surface area (Å²) in [5.41, 5.74) is 1.32. The fraction of sp³-hybridized carbons (Fsp3) is 0.333. The fourth-order valence-corrected chi connectivity index (χ4v) is 5.51. The third-order valence-electron chi connectivity index (χ3n) is 6.45. The number of carbonyl (C=O) groups is 3. The third kappa shape index (κ3) is 2.93. The first-order chi connectivity index (χ1) is 15.1. The van der Waals surface area contributed by atoms with E-state index in [1.807, 2.05) is 45.0 Å². The highest BCUT2D eigenvalue weighted by molar-refractivity contribution is 6.38. The van der Waals surface area contributed by atoms with Gasteiger partial charge in [-0.25, -0.2) is 4.90 Å². The number of rotatable bonds is 2. The van der Waals surface area contributed by atoms with Crippen molar-refractivity contribution in [1.82, 2.24) is 5.01 Å². The Morgan fingerprint density at radius 2 is 1.69 bits per heavy atom. The maximum absolute atomic E-state index is 13.7. The highest BCUT2D eigenvalue weighted by Gasteiger charge is 2.66. The van der Waals surface area contributed by atoms with Crippen LogP contribution in [0.25, 0.3) is 0 Å². The summed E-state index contributed by atoms with van der Waals surface area (Å²) in [7, 11) is 0. The number of hydrogen-bond donors (Lipinski definition) is 0. The standard InChI is InChI=1S/C24H21Cl2N3O3/c1-24(2,3)21(30)20-18-17(19-14-7-5-4-6-12(14)11-27-29(19)20)22(31)28(23(18)32)16-9-8-13(25)10-15(16)26/h4-11,17-20H,1-3H3/t17-,18+,19+,20-/m0/s1. The minimum absolute atomic E-state index is 0.128. The Bertz CT molecular complexity index is 1200. The predicted molar refractivity (Wildman–Crippen MR) is 123 cm³/mol. The number of nitrogens with zero attached hydrogens (tertiary/aromatic N) is 3. The van der Waals surface area contributed by atoms with Crippen molar-refractivity contribution in [1.29, 1.82) is 0 Å². The first-order valence-electron chi connectivity index (χ1n) is 10.4. The molecule has 0 N–H and O–H groups in total. The number of hydrazone groups is 1. The zero-order chi connectivity index (χ0) is 22.9. The second kappa shape index (κ2) is 7.15. The molecule has 8 heteroatoms. The Hall–Kier alpha value is -2.70. The Balaban J connectivity index is 1.68. The van der Waals surface area contributed by atoms with E-state index in [0.29, 0.717) is 5.02 Å². The van der Waals surface area contributed by atoms with Crippen LogP contribution in [-0.2, 0) is 14.4 Å². The molecule has 164 valence electrons. The molecule has 2 aromatic rings. The highest BCUT2D eigenvalue weighted by Crippen LogP contribution is 2.54. The van der Waals surface area contributed by atoms with E-state index >= 15 is 0 Å². The lowest BCUT2D eigenvalue weighted by Crippen LogP contribution is -2.48. The minimum atomic E-state index is -0.853. The van der Waals surface area contributed by atoms with Crippen LogP contribution in [0.1, 0.15) is 37.9 Å². The summed E-state index contributed by atoms with van der Waals surface area (Å²) < 4.78 is 0. The fourth-order valence-electron chi connectivity index (χ4n) is 5.01. The molecule has 0 saturated carbocycles. The van der Waals surface area contributed by atoms with Gasteiger partial charge in [0.15, 0.2) is 5.78 Å². The van der Waals surface area contributed by atoms with Crippen LogP contribution < -0.4 is 4.90 Å². The number of halogens is 2. The molecule has 32 heavy (non-hydrogen) atoms. The van der Waals surface area contributed by atoms with Gasteiger partial charge in [0.05, 0.1) is 34.8 Å². The van der Waals surface area contributed by atoms with E-state index in [9.17, 15) is 14.4 Å². The first kappa shape index (κ1) is 21.2. The molecule has 2 amide bonds. The van der Waals surface area contributed by atoms with Crippen LogP contribution in [0, 0.1) is 17.3 Å². The lowest BCUT2D eigenvalue weighted by molar-refractivity contribution is -0.136. The van der Waals surface area contributed by atoms with E-state index in [0.717, 1.165) is 16.0 Å². The van der Waals surface area contributed by atoms with Crippen LogP contribution in [0.5, 0.6) is 0 Å². The number of Topliss-reactive ketones (excluding diaryl/α,β-unsaturated/α-hetero) is 1. The SMILES string of the molecule is CC(C)(C)C(=O)[C@@H]1[C@@H]2C(=O)N(c3ccc(Cl)cc3Cl)C(=O)[C@@H]2[C@H]2c3ccccc3C=NN12. The number of ketones is 1. The molecule has 2 aromatic carbocycles. The second-order valence-corrected chi connectivity index (χ2v) is 10.3. The van der Waals surface area contributed by atoms with Crippen molar-refractivity contribution in [3.63, 3.8) is 0 Å². The van der Waals surface area contributed by atoms with Crippen molar-refractivity contribution in [2.75, 3.05) is 4.90 Å². The Morgan fingerprint density at radius 3 is 2.38 bits per heavy atom. The van der Waals surface area contributed by atoms with Gasteiger partial charge < -0.3 is 0 Å². The molecular formula is C24H21Cl2N3O3. The molecule has 4 atom stereocenters. The maximum atomic E-state index is 13.7. The van der Waals surface area contributed by atoms with Crippen LogP contribution in [0.2, 0.25) is 10.0 Å². The monoisotopic (exact) mass is 469 g/mol. The van der Waals surface area contributed by atoms with Gasteiger partial charge in [0.1, 0.15) is 6.04 Å². The lowest BCUT2D eigenvalue weighted by atomic mass is 9.79. The molecule has 5 rings (SSSR count). The van der Waals surface area contributed by atoms with Gasteiger partial charge in [0.25, 0.3) is 0 Å². The number of anilines is 1. The van der Waals surface area contributed by atoms with Crippen LogP contribution in [0.3, 0.4) is 0 Å². The summed E-state index contributed by atoms with van der Waals surface area (Å²) in [5.74, 6) is -2.54. The molecule has 0 spiro atoms. The minimum Gasteiger partial charge on any atom is -0.297 e. The second-order valence-electron chi connectivity index (χ2n) is 9.42. The van der Waals surface area contributed by atoms with Crippen molar-refractivity contribution in [2.45, 2.75) is 32.9 Å². The van der Waals surface area contributed by atoms with Gasteiger partial charge in [-0.15, -0.1) is 0 Å². The summed E-state index contributed by atoms with van der Waals surface area (Å²) in [5, 5.41) is 6.83. The smallest absolute Gasteiger partial charge is 0.240 e. The molecule has 2 saturated heterocycles. The molecule has 3 heterocycles. The van der Waals surface area contributed by atoms with Gasteiger partial charge in [-0.2, -0.15) is 5.10 Å². The molecule has 0 aromatic heterocycles. The van der Waals surface area contributed by atoms with E-state index in [1.165, 1.54) is 6.07 Å². The Morgan fingerprint density at radius 1 is 1.00 bits per heavy atom. The molecule has 3 aliphatic rings. The maximum Gasteiger partial charge on any atom is 0.240 e. The normalized spacial score (nSPS) is 26.3. The molecule has 6 nitrogen and oxygen atoms in total. The molecule has 3 aliphatic heterocycles. The summed E-state index contributed by atoms with van der Waals surface area (Å²) in [6.07, 6.45) is 1.69. The van der Waals surface area contributed by atoms with Gasteiger partial charge in [-0.3, -0.25) is 19.4 Å². The van der Waals surface area contributed by atoms with E-state index in [4.69, 9.17) is 23.2 Å². The number of hydrogen-bond acceptors (Lipinski definition) is 5. The van der Waals surface area contributed by atoms with E-state index < -0.39 is 35.2 Å². The predicted octanol–water partition coefficient (Wildman–Crippen LogP) is 4.49. The Labute approximate surface area is 195 Å². The zero-order valence-corrected chi connectivity index (χ0v) is 19.3. The Kier molecular flexibility index (Phi) is 4.73. The summed E-state index contributed by atoms with van der Waals surface area (Å²) >= 11 is 12.4.